The first-order valence-electron chi connectivity index (χ1n) is 8.10. The molecule has 0 aliphatic carbocycles. The van der Waals surface area contributed by atoms with E-state index in [9.17, 15) is 23.1 Å². The lowest BCUT2D eigenvalue weighted by Crippen LogP contribution is -2.43. The van der Waals surface area contributed by atoms with Gasteiger partial charge in [0.15, 0.2) is 5.72 Å². The molecule has 0 radical (unpaired) electrons. The minimum Gasteiger partial charge on any atom is -0.365 e. The van der Waals surface area contributed by atoms with E-state index in [0.29, 0.717) is 11.4 Å². The van der Waals surface area contributed by atoms with Crippen LogP contribution in [-0.2, 0) is 16.9 Å². The molecule has 7 heteroatoms. The maximum Gasteiger partial charge on any atom is 0.431 e. The van der Waals surface area contributed by atoms with Crippen LogP contribution >= 0.6 is 0 Å². The smallest absolute Gasteiger partial charge is 0.365 e. The Balaban J connectivity index is 1.86. The number of aliphatic hydroxyl groups is 1. The highest BCUT2D eigenvalue weighted by atomic mass is 19.4. The van der Waals surface area contributed by atoms with Crippen molar-refractivity contribution in [1.29, 1.82) is 0 Å². The fourth-order valence-corrected chi connectivity index (χ4v) is 2.90. The number of benzene rings is 2. The van der Waals surface area contributed by atoms with Crippen LogP contribution in [0.2, 0.25) is 0 Å². The van der Waals surface area contributed by atoms with Gasteiger partial charge in [-0.15, -0.1) is 0 Å². The van der Waals surface area contributed by atoms with Crippen molar-refractivity contribution in [2.45, 2.75) is 31.2 Å². The second-order valence-electron chi connectivity index (χ2n) is 6.10. The topological polar surface area (TPSA) is 52.9 Å². The molecule has 1 aliphatic heterocycles. The normalized spacial score (nSPS) is 20.2. The van der Waals surface area contributed by atoms with Gasteiger partial charge in [0, 0.05) is 12.0 Å². The fourth-order valence-electron chi connectivity index (χ4n) is 2.90. The first-order chi connectivity index (χ1) is 12.3. The molecule has 3 rings (SSSR count). The van der Waals surface area contributed by atoms with Gasteiger partial charge in [0.05, 0.1) is 6.42 Å². The molecule has 1 heterocycles. The van der Waals surface area contributed by atoms with E-state index in [1.54, 1.807) is 18.2 Å². The van der Waals surface area contributed by atoms with Crippen LogP contribution < -0.4 is 0 Å². The van der Waals surface area contributed by atoms with Crippen molar-refractivity contribution in [3.05, 3.63) is 71.8 Å². The molecule has 2 aromatic rings. The number of aryl methyl sites for hydroxylation is 1. The molecule has 0 spiro atoms. The highest BCUT2D eigenvalue weighted by Gasteiger charge is 2.52. The summed E-state index contributed by atoms with van der Waals surface area (Å²) in [4.78, 5) is 12.6. The summed E-state index contributed by atoms with van der Waals surface area (Å²) >= 11 is 0. The molecule has 136 valence electrons. The van der Waals surface area contributed by atoms with Crippen molar-refractivity contribution < 1.29 is 23.1 Å². The first-order valence-corrected chi connectivity index (χ1v) is 8.10. The largest absolute Gasteiger partial charge is 0.431 e. The van der Waals surface area contributed by atoms with Gasteiger partial charge in [-0.25, -0.2) is 0 Å². The molecule has 1 amide bonds. The van der Waals surface area contributed by atoms with Crippen LogP contribution in [0.15, 0.2) is 65.8 Å². The van der Waals surface area contributed by atoms with Gasteiger partial charge in [-0.05, 0) is 12.0 Å². The Labute approximate surface area is 148 Å². The monoisotopic (exact) mass is 362 g/mol. The van der Waals surface area contributed by atoms with Crippen LogP contribution in [0.5, 0.6) is 0 Å². The van der Waals surface area contributed by atoms with Crippen LogP contribution in [0.4, 0.5) is 13.2 Å². The quantitative estimate of drug-likeness (QED) is 0.903. The standard InChI is InChI=1S/C19H17F3N2O2/c20-19(21,22)16-13-18(26,15-9-5-2-6-10-15)24(23-16)17(25)12-11-14-7-3-1-4-8-14/h1-10,26H,11-13H2. The summed E-state index contributed by atoms with van der Waals surface area (Å²) in [6.07, 6.45) is -5.22. The lowest BCUT2D eigenvalue weighted by molar-refractivity contribution is -0.157. The van der Waals surface area contributed by atoms with Crippen molar-refractivity contribution in [2.75, 3.05) is 0 Å². The van der Waals surface area contributed by atoms with Crippen LogP contribution in [0.3, 0.4) is 0 Å². The lowest BCUT2D eigenvalue weighted by atomic mass is 9.96. The Hall–Kier alpha value is -2.67. The number of hydrogen-bond acceptors (Lipinski definition) is 3. The zero-order chi connectivity index (χ0) is 18.8. The van der Waals surface area contributed by atoms with E-state index in [1.807, 2.05) is 30.3 Å². The number of amides is 1. The summed E-state index contributed by atoms with van der Waals surface area (Å²) in [5.41, 5.74) is -2.24. The molecular weight excluding hydrogens is 345 g/mol. The fraction of sp³-hybridized carbons (Fsp3) is 0.263. The highest BCUT2D eigenvalue weighted by Crippen LogP contribution is 2.39. The summed E-state index contributed by atoms with van der Waals surface area (Å²) < 4.78 is 39.4. The third kappa shape index (κ3) is 3.62. The number of rotatable bonds is 4. The molecule has 1 unspecified atom stereocenters. The molecule has 0 fully saturated rings. The maximum atomic E-state index is 13.1. The third-order valence-corrected chi connectivity index (χ3v) is 4.25. The minimum absolute atomic E-state index is 0.0617. The van der Waals surface area contributed by atoms with Crippen LogP contribution in [-0.4, -0.2) is 27.9 Å². The molecule has 4 nitrogen and oxygen atoms in total. The van der Waals surface area contributed by atoms with Crippen LogP contribution in [0.25, 0.3) is 0 Å². The van der Waals surface area contributed by atoms with Crippen molar-refractivity contribution in [3.8, 4) is 0 Å². The molecule has 26 heavy (non-hydrogen) atoms. The number of halogens is 3. The Morgan fingerprint density at radius 2 is 1.65 bits per heavy atom. The average Bonchev–Trinajstić information content (AvgIpc) is 3.01. The van der Waals surface area contributed by atoms with Gasteiger partial charge in [0.2, 0.25) is 5.91 Å². The van der Waals surface area contributed by atoms with Crippen LogP contribution in [0.1, 0.15) is 24.0 Å². The Morgan fingerprint density at radius 1 is 1.08 bits per heavy atom. The summed E-state index contributed by atoms with van der Waals surface area (Å²) in [7, 11) is 0. The second-order valence-corrected chi connectivity index (χ2v) is 6.10. The minimum atomic E-state index is -4.71. The molecular formula is C19H17F3N2O2. The van der Waals surface area contributed by atoms with Gasteiger partial charge in [0.1, 0.15) is 5.71 Å². The van der Waals surface area contributed by atoms with Gasteiger partial charge >= 0.3 is 6.18 Å². The number of nitrogens with zero attached hydrogens (tertiary/aromatic N) is 2. The summed E-state index contributed by atoms with van der Waals surface area (Å²) in [5.74, 6) is -0.667. The first kappa shape index (κ1) is 18.1. The van der Waals surface area contributed by atoms with Gasteiger partial charge in [0.25, 0.3) is 0 Å². The van der Waals surface area contributed by atoms with Crippen molar-refractivity contribution in [2.24, 2.45) is 5.10 Å². The van der Waals surface area contributed by atoms with E-state index in [4.69, 9.17) is 0 Å². The SMILES string of the molecule is O=C(CCc1ccccc1)N1N=C(C(F)(F)F)CC1(O)c1ccccc1. The molecule has 1 atom stereocenters. The molecule has 0 saturated carbocycles. The van der Waals surface area contributed by atoms with Gasteiger partial charge in [-0.2, -0.15) is 23.3 Å². The van der Waals surface area contributed by atoms with E-state index >= 15 is 0 Å². The zero-order valence-electron chi connectivity index (χ0n) is 13.8. The van der Waals surface area contributed by atoms with Crippen molar-refractivity contribution >= 4 is 11.6 Å². The van der Waals surface area contributed by atoms with Gasteiger partial charge < -0.3 is 5.11 Å². The molecule has 1 N–H and O–H groups in total. The molecule has 0 saturated heterocycles. The second kappa shape index (κ2) is 6.92. The van der Waals surface area contributed by atoms with Crippen molar-refractivity contribution in [1.82, 2.24) is 5.01 Å². The number of alkyl halides is 3. The number of hydrazone groups is 1. The van der Waals surface area contributed by atoms with E-state index in [1.165, 1.54) is 12.1 Å². The summed E-state index contributed by atoms with van der Waals surface area (Å²) in [5, 5.41) is 14.9. The lowest BCUT2D eigenvalue weighted by Gasteiger charge is -2.31. The molecule has 2 aromatic carbocycles. The Kier molecular flexibility index (Phi) is 4.82. The van der Waals surface area contributed by atoms with Crippen molar-refractivity contribution in [3.63, 3.8) is 0 Å². The maximum absolute atomic E-state index is 13.1. The van der Waals surface area contributed by atoms with E-state index in [0.717, 1.165) is 5.56 Å². The average molecular weight is 362 g/mol. The highest BCUT2D eigenvalue weighted by molar-refractivity contribution is 5.94. The molecule has 0 aromatic heterocycles. The molecule has 1 aliphatic rings. The predicted octanol–water partition coefficient (Wildman–Crippen LogP) is 3.62. The van der Waals surface area contributed by atoms with Gasteiger partial charge in [-0.3, -0.25) is 4.79 Å². The van der Waals surface area contributed by atoms with E-state index in [-0.39, 0.29) is 12.0 Å². The van der Waals surface area contributed by atoms with Crippen LogP contribution in [0, 0.1) is 0 Å². The number of carbonyl (C=O) groups is 1. The zero-order valence-corrected chi connectivity index (χ0v) is 13.8. The third-order valence-electron chi connectivity index (χ3n) is 4.25. The summed E-state index contributed by atoms with van der Waals surface area (Å²) in [6.45, 7) is 0. The predicted molar refractivity (Wildman–Crippen MR) is 90.1 cm³/mol. The number of hydrogen-bond donors (Lipinski definition) is 1. The van der Waals surface area contributed by atoms with E-state index < -0.39 is 29.9 Å². The summed E-state index contributed by atoms with van der Waals surface area (Å²) in [6, 6.07) is 16.9. The van der Waals surface area contributed by atoms with Gasteiger partial charge in [-0.1, -0.05) is 60.7 Å². The van der Waals surface area contributed by atoms with E-state index in [2.05, 4.69) is 5.10 Å². The molecule has 0 bridgehead atoms. The Morgan fingerprint density at radius 3 is 2.23 bits per heavy atom. The number of carbonyl (C=O) groups excluding carboxylic acids is 1. The Bertz CT molecular complexity index is 807.